The molecule has 1 aliphatic rings. The van der Waals surface area contributed by atoms with Crippen molar-refractivity contribution in [3.8, 4) is 0 Å². The minimum atomic E-state index is -0.370. The van der Waals surface area contributed by atoms with E-state index < -0.39 is 0 Å². The van der Waals surface area contributed by atoms with Gasteiger partial charge in [0.25, 0.3) is 0 Å². The molecule has 1 heterocycles. The molecule has 3 rings (SSSR count). The van der Waals surface area contributed by atoms with Crippen molar-refractivity contribution in [2.45, 2.75) is 32.6 Å². The Balaban J connectivity index is 1.96. The Labute approximate surface area is 139 Å². The molecule has 0 spiro atoms. The molecule has 0 saturated heterocycles. The van der Waals surface area contributed by atoms with E-state index in [0.717, 1.165) is 17.4 Å². The standard InChI is InChI=1S/C18H20O4S/c1-3-21-15(19)10-11-9-14-17(16(11)18(20)22-4-2)12-7-5-6-8-13(12)23-14/h5-8,11,16H,3-4,9-10H2,1-2H3/t11-,16+/m0/s1. The fraction of sp³-hybridized carbons (Fsp3) is 0.444. The summed E-state index contributed by atoms with van der Waals surface area (Å²) in [4.78, 5) is 25.6. The summed E-state index contributed by atoms with van der Waals surface area (Å²) in [7, 11) is 0. The maximum atomic E-state index is 12.5. The van der Waals surface area contributed by atoms with Crippen LogP contribution in [-0.4, -0.2) is 25.2 Å². The van der Waals surface area contributed by atoms with Crippen molar-refractivity contribution < 1.29 is 19.1 Å². The van der Waals surface area contributed by atoms with Crippen LogP contribution in [0.5, 0.6) is 0 Å². The van der Waals surface area contributed by atoms with Crippen LogP contribution in [0.3, 0.4) is 0 Å². The van der Waals surface area contributed by atoms with Gasteiger partial charge in [-0.25, -0.2) is 0 Å². The van der Waals surface area contributed by atoms with Crippen LogP contribution in [-0.2, 0) is 25.5 Å². The monoisotopic (exact) mass is 332 g/mol. The van der Waals surface area contributed by atoms with Crippen LogP contribution >= 0.6 is 11.3 Å². The summed E-state index contributed by atoms with van der Waals surface area (Å²) in [5, 5.41) is 1.11. The van der Waals surface area contributed by atoms with E-state index in [9.17, 15) is 9.59 Å². The van der Waals surface area contributed by atoms with E-state index >= 15 is 0 Å². The van der Waals surface area contributed by atoms with Gasteiger partial charge in [0.2, 0.25) is 0 Å². The Hall–Kier alpha value is -1.88. The number of hydrogen-bond acceptors (Lipinski definition) is 5. The predicted molar refractivity (Wildman–Crippen MR) is 89.6 cm³/mol. The summed E-state index contributed by atoms with van der Waals surface area (Å²) in [6, 6.07) is 8.10. The number of carbonyl (C=O) groups is 2. The molecule has 5 heteroatoms. The van der Waals surface area contributed by atoms with E-state index in [-0.39, 0.29) is 30.2 Å². The van der Waals surface area contributed by atoms with E-state index in [1.165, 1.54) is 9.58 Å². The second kappa shape index (κ2) is 6.71. The average molecular weight is 332 g/mol. The highest BCUT2D eigenvalue weighted by atomic mass is 32.1. The molecule has 0 saturated carbocycles. The zero-order valence-electron chi connectivity index (χ0n) is 13.3. The van der Waals surface area contributed by atoms with Crippen LogP contribution in [0.4, 0.5) is 0 Å². The molecule has 0 aliphatic heterocycles. The number of ether oxygens (including phenoxy) is 2. The van der Waals surface area contributed by atoms with Gasteiger partial charge >= 0.3 is 11.9 Å². The minimum absolute atomic E-state index is 0.0704. The van der Waals surface area contributed by atoms with Crippen molar-refractivity contribution in [1.82, 2.24) is 0 Å². The molecule has 122 valence electrons. The van der Waals surface area contributed by atoms with E-state index in [4.69, 9.17) is 9.47 Å². The quantitative estimate of drug-likeness (QED) is 0.784. The van der Waals surface area contributed by atoms with Crippen LogP contribution < -0.4 is 0 Å². The SMILES string of the molecule is CCOC(=O)C[C@@H]1Cc2sc3ccccc3c2[C@@H]1C(=O)OCC. The fourth-order valence-corrected chi connectivity index (χ4v) is 4.71. The van der Waals surface area contributed by atoms with E-state index in [0.29, 0.717) is 13.2 Å². The number of hydrogen-bond donors (Lipinski definition) is 0. The maximum Gasteiger partial charge on any atom is 0.313 e. The molecule has 1 aliphatic carbocycles. The molecule has 23 heavy (non-hydrogen) atoms. The summed E-state index contributed by atoms with van der Waals surface area (Å²) in [6.45, 7) is 4.30. The molecule has 0 fully saturated rings. The van der Waals surface area contributed by atoms with Crippen molar-refractivity contribution >= 4 is 33.4 Å². The number of carbonyl (C=O) groups excluding carboxylic acids is 2. The first-order valence-electron chi connectivity index (χ1n) is 7.98. The Morgan fingerprint density at radius 2 is 1.91 bits per heavy atom. The molecule has 0 N–H and O–H groups in total. The number of thiophene rings is 1. The first-order valence-corrected chi connectivity index (χ1v) is 8.79. The molecule has 0 radical (unpaired) electrons. The highest BCUT2D eigenvalue weighted by molar-refractivity contribution is 7.19. The van der Waals surface area contributed by atoms with Crippen LogP contribution in [0.15, 0.2) is 24.3 Å². The van der Waals surface area contributed by atoms with E-state index in [1.54, 1.807) is 25.2 Å². The van der Waals surface area contributed by atoms with Gasteiger partial charge in [0.05, 0.1) is 19.1 Å². The lowest BCUT2D eigenvalue weighted by molar-refractivity contribution is -0.148. The van der Waals surface area contributed by atoms with Crippen LogP contribution in [0.1, 0.15) is 36.6 Å². The van der Waals surface area contributed by atoms with Crippen molar-refractivity contribution in [3.63, 3.8) is 0 Å². The minimum Gasteiger partial charge on any atom is -0.466 e. The molecular weight excluding hydrogens is 312 g/mol. The Morgan fingerprint density at radius 1 is 1.17 bits per heavy atom. The van der Waals surface area contributed by atoms with E-state index in [2.05, 4.69) is 6.07 Å². The van der Waals surface area contributed by atoms with Gasteiger partial charge in [-0.2, -0.15) is 0 Å². The second-order valence-electron chi connectivity index (χ2n) is 5.64. The molecule has 2 aromatic rings. The van der Waals surface area contributed by atoms with Crippen LogP contribution in [0.25, 0.3) is 10.1 Å². The van der Waals surface area contributed by atoms with E-state index in [1.807, 2.05) is 18.2 Å². The molecule has 1 aromatic carbocycles. The third-order valence-electron chi connectivity index (χ3n) is 4.22. The number of rotatable bonds is 5. The number of fused-ring (bicyclic) bond motifs is 3. The van der Waals surface area contributed by atoms with Gasteiger partial charge in [-0.15, -0.1) is 11.3 Å². The van der Waals surface area contributed by atoms with Crippen molar-refractivity contribution in [2.24, 2.45) is 5.92 Å². The molecule has 2 atom stereocenters. The van der Waals surface area contributed by atoms with Crippen molar-refractivity contribution in [3.05, 3.63) is 34.7 Å². The zero-order chi connectivity index (χ0) is 16.4. The van der Waals surface area contributed by atoms with Crippen LogP contribution in [0, 0.1) is 5.92 Å². The average Bonchev–Trinajstić information content (AvgIpc) is 3.02. The highest BCUT2D eigenvalue weighted by Gasteiger charge is 2.42. The number of benzene rings is 1. The largest absolute Gasteiger partial charge is 0.466 e. The number of esters is 2. The normalized spacial score (nSPS) is 19.6. The van der Waals surface area contributed by atoms with Gasteiger partial charge in [0, 0.05) is 16.0 Å². The summed E-state index contributed by atoms with van der Waals surface area (Å²) < 4.78 is 11.5. The molecule has 0 unspecified atom stereocenters. The van der Waals surface area contributed by atoms with Crippen molar-refractivity contribution in [1.29, 1.82) is 0 Å². The predicted octanol–water partition coefficient (Wildman–Crippen LogP) is 3.67. The molecule has 4 nitrogen and oxygen atoms in total. The summed E-state index contributed by atoms with van der Waals surface area (Å²) >= 11 is 1.71. The van der Waals surface area contributed by atoms with Crippen molar-refractivity contribution in [2.75, 3.05) is 13.2 Å². The highest BCUT2D eigenvalue weighted by Crippen LogP contribution is 2.48. The Kier molecular flexibility index (Phi) is 4.66. The lowest BCUT2D eigenvalue weighted by Crippen LogP contribution is -2.23. The van der Waals surface area contributed by atoms with Gasteiger partial charge in [-0.1, -0.05) is 18.2 Å². The van der Waals surface area contributed by atoms with Gasteiger partial charge in [0.1, 0.15) is 0 Å². The summed E-state index contributed by atoms with van der Waals surface area (Å²) in [5.41, 5.74) is 1.05. The fourth-order valence-electron chi connectivity index (χ4n) is 3.37. The Bertz CT molecular complexity index is 734. The van der Waals surface area contributed by atoms with Gasteiger partial charge in [0.15, 0.2) is 0 Å². The first kappa shape index (κ1) is 16.0. The van der Waals surface area contributed by atoms with Crippen LogP contribution in [0.2, 0.25) is 0 Å². The molecule has 0 bridgehead atoms. The van der Waals surface area contributed by atoms with Gasteiger partial charge < -0.3 is 9.47 Å². The molecular formula is C18H20O4S. The topological polar surface area (TPSA) is 52.6 Å². The second-order valence-corrected chi connectivity index (χ2v) is 6.77. The summed E-state index contributed by atoms with van der Waals surface area (Å²) in [6.07, 6.45) is 0.990. The zero-order valence-corrected chi connectivity index (χ0v) is 14.2. The maximum absolute atomic E-state index is 12.5. The van der Waals surface area contributed by atoms with Gasteiger partial charge in [-0.3, -0.25) is 9.59 Å². The smallest absolute Gasteiger partial charge is 0.313 e. The third kappa shape index (κ3) is 2.98. The van der Waals surface area contributed by atoms with Gasteiger partial charge in [-0.05, 0) is 43.2 Å². The molecule has 0 amide bonds. The lowest BCUT2D eigenvalue weighted by atomic mass is 9.89. The third-order valence-corrected chi connectivity index (χ3v) is 5.42. The lowest BCUT2D eigenvalue weighted by Gasteiger charge is -2.18. The molecule has 1 aromatic heterocycles. The Morgan fingerprint density at radius 3 is 2.65 bits per heavy atom. The summed E-state index contributed by atoms with van der Waals surface area (Å²) in [5.74, 6) is -0.917. The first-order chi connectivity index (χ1) is 11.2.